The lowest BCUT2D eigenvalue weighted by Crippen LogP contribution is -2.20. The van der Waals surface area contributed by atoms with Crippen molar-refractivity contribution in [3.05, 3.63) is 0 Å². The second-order valence-corrected chi connectivity index (χ2v) is 11.1. The van der Waals surface area contributed by atoms with E-state index in [1.165, 1.54) is 0 Å². The van der Waals surface area contributed by atoms with E-state index in [9.17, 15) is 4.89 Å². The van der Waals surface area contributed by atoms with Gasteiger partial charge in [0.2, 0.25) is 0 Å². The molecule has 11 heteroatoms. The first kappa shape index (κ1) is 23.1. The van der Waals surface area contributed by atoms with E-state index >= 15 is 0 Å². The van der Waals surface area contributed by atoms with Crippen molar-refractivity contribution in [1.82, 2.24) is 0 Å². The van der Waals surface area contributed by atoms with Gasteiger partial charge in [-0.3, -0.25) is 0 Å². The maximum absolute atomic E-state index is 10.4. The minimum Gasteiger partial charge on any atom is -0.168 e. The van der Waals surface area contributed by atoms with Crippen molar-refractivity contribution in [2.75, 3.05) is 35.8 Å². The first-order chi connectivity index (χ1) is 9.36. The van der Waals surface area contributed by atoms with Crippen LogP contribution in [0.4, 0.5) is 0 Å². The molecule has 0 bridgehead atoms. The summed E-state index contributed by atoms with van der Waals surface area (Å²) in [5.41, 5.74) is 0. The number of hydrogen-bond acceptors (Lipinski definition) is 4. The molecule has 0 aliphatic carbocycles. The maximum atomic E-state index is 10.4. The summed E-state index contributed by atoms with van der Waals surface area (Å²) in [6, 6.07) is 0. The first-order valence-corrected chi connectivity index (χ1v) is 13.1. The van der Waals surface area contributed by atoms with Crippen LogP contribution in [0.2, 0.25) is 0 Å². The Bertz CT molecular complexity index is 216. The van der Waals surface area contributed by atoms with Crippen molar-refractivity contribution < 1.29 is 18.5 Å². The van der Waals surface area contributed by atoms with Gasteiger partial charge in [0.25, 0.3) is 0 Å². The van der Waals surface area contributed by atoms with Gasteiger partial charge in [0.15, 0.2) is 0 Å². The van der Waals surface area contributed by atoms with Crippen molar-refractivity contribution in [1.29, 1.82) is 0 Å². The third kappa shape index (κ3) is 11.6. The van der Waals surface area contributed by atoms with E-state index in [2.05, 4.69) is 95.6 Å². The van der Waals surface area contributed by atoms with Gasteiger partial charge in [0.05, 0.1) is 14.5 Å². The van der Waals surface area contributed by atoms with Crippen molar-refractivity contribution in [3.63, 3.8) is 0 Å². The van der Waals surface area contributed by atoms with Gasteiger partial charge < -0.3 is 0 Å². The molecule has 0 spiro atoms. The van der Waals surface area contributed by atoms with Crippen LogP contribution in [-0.4, -0.2) is 55.2 Å². The molecule has 0 heterocycles. The van der Waals surface area contributed by atoms with Gasteiger partial charge in [-0.25, -0.2) is 0 Å². The SMILES string of the molecule is O[P+](OCC(Br)CBr)(OCC(Br)CBr)OCC(Br)CBr. The van der Waals surface area contributed by atoms with Gasteiger partial charge in [0, 0.05) is 16.0 Å². The first-order valence-electron chi connectivity index (χ1n) is 5.52. The Labute approximate surface area is 170 Å². The van der Waals surface area contributed by atoms with Crippen LogP contribution in [-0.2, 0) is 13.6 Å². The molecule has 122 valence electrons. The Morgan fingerprint density at radius 3 is 1.15 bits per heavy atom. The summed E-state index contributed by atoms with van der Waals surface area (Å²) in [6.07, 6.45) is 0. The van der Waals surface area contributed by atoms with Gasteiger partial charge in [-0.1, -0.05) is 95.6 Å². The zero-order valence-electron chi connectivity index (χ0n) is 10.4. The largest absolute Gasteiger partial charge is 0.572 e. The van der Waals surface area contributed by atoms with Crippen LogP contribution in [0, 0.1) is 0 Å². The highest BCUT2D eigenvalue weighted by Crippen LogP contribution is 2.58. The molecule has 0 amide bonds. The third-order valence-corrected chi connectivity index (χ3v) is 9.90. The van der Waals surface area contributed by atoms with Gasteiger partial charge in [-0.05, 0) is 0 Å². The molecule has 3 unspecified atom stereocenters. The molecule has 0 aromatic carbocycles. The molecule has 3 atom stereocenters. The molecule has 0 saturated carbocycles. The van der Waals surface area contributed by atoms with E-state index in [4.69, 9.17) is 13.6 Å². The highest BCUT2D eigenvalue weighted by atomic mass is 79.9. The minimum absolute atomic E-state index is 0.0770. The quantitative estimate of drug-likeness (QED) is 0.226. The van der Waals surface area contributed by atoms with Crippen molar-refractivity contribution >= 4 is 104 Å². The topological polar surface area (TPSA) is 47.9 Å². The fourth-order valence-corrected chi connectivity index (χ4v) is 3.67. The molecule has 0 rings (SSSR count). The smallest absolute Gasteiger partial charge is 0.168 e. The van der Waals surface area contributed by atoms with E-state index < -0.39 is 8.17 Å². The van der Waals surface area contributed by atoms with E-state index in [0.29, 0.717) is 16.0 Å². The molecule has 0 aromatic rings. The molecular formula is C9H16Br6O4P+. The standard InChI is InChI=1S/C9H16Br6O4P/c10-1-7(13)4-17-20(16,18-5-8(14)2-11)19-6-9(15)3-12/h7-9,16H,1-6H2/q+1. The second kappa shape index (κ2) is 13.4. The fourth-order valence-electron chi connectivity index (χ4n) is 0.771. The van der Waals surface area contributed by atoms with E-state index in [1.807, 2.05) is 0 Å². The normalized spacial score (nSPS) is 19.4. The second-order valence-electron chi connectivity index (χ2n) is 3.61. The van der Waals surface area contributed by atoms with E-state index in [1.54, 1.807) is 0 Å². The van der Waals surface area contributed by atoms with Gasteiger partial charge in [-0.2, -0.15) is 18.5 Å². The predicted octanol–water partition coefficient (Wildman–Crippen LogP) is 5.18. The number of halogens is 6. The van der Waals surface area contributed by atoms with Gasteiger partial charge >= 0.3 is 8.17 Å². The van der Waals surface area contributed by atoms with Crippen molar-refractivity contribution in [2.24, 2.45) is 0 Å². The van der Waals surface area contributed by atoms with E-state index in [0.717, 1.165) is 0 Å². The highest BCUT2D eigenvalue weighted by molar-refractivity contribution is 9.12. The molecule has 0 saturated heterocycles. The van der Waals surface area contributed by atoms with Gasteiger partial charge in [-0.15, -0.1) is 0 Å². The zero-order valence-corrected chi connectivity index (χ0v) is 20.8. The summed E-state index contributed by atoms with van der Waals surface area (Å²) >= 11 is 20.2. The number of alkyl halides is 6. The summed E-state index contributed by atoms with van der Waals surface area (Å²) in [6.45, 7) is 0.869. The lowest BCUT2D eigenvalue weighted by molar-refractivity contribution is 0.0856. The van der Waals surface area contributed by atoms with Crippen LogP contribution < -0.4 is 0 Å². The number of rotatable bonds is 12. The Balaban J connectivity index is 4.40. The maximum Gasteiger partial charge on any atom is 0.572 e. The van der Waals surface area contributed by atoms with Crippen LogP contribution >= 0.6 is 104 Å². The Morgan fingerprint density at radius 2 is 0.950 bits per heavy atom. The van der Waals surface area contributed by atoms with Crippen LogP contribution in [0.15, 0.2) is 0 Å². The monoisotopic (exact) mass is 693 g/mol. The lowest BCUT2D eigenvalue weighted by Gasteiger charge is -2.18. The average Bonchev–Trinajstić information content (AvgIpc) is 2.47. The lowest BCUT2D eigenvalue weighted by atomic mass is 10.5. The molecule has 0 aromatic heterocycles. The fraction of sp³-hybridized carbons (Fsp3) is 1.00. The summed E-state index contributed by atoms with van der Waals surface area (Å²) < 4.78 is 16.3. The molecule has 1 N–H and O–H groups in total. The predicted molar refractivity (Wildman–Crippen MR) is 107 cm³/mol. The van der Waals surface area contributed by atoms with Crippen LogP contribution in [0.25, 0.3) is 0 Å². The van der Waals surface area contributed by atoms with Crippen LogP contribution in [0.5, 0.6) is 0 Å². The minimum atomic E-state index is -3.32. The summed E-state index contributed by atoms with van der Waals surface area (Å²) in [4.78, 5) is 10.6. The Morgan fingerprint density at radius 1 is 0.700 bits per heavy atom. The van der Waals surface area contributed by atoms with Crippen LogP contribution in [0.3, 0.4) is 0 Å². The zero-order chi connectivity index (χ0) is 15.6. The molecule has 0 radical (unpaired) electrons. The molecular weight excluding hydrogens is 682 g/mol. The molecule has 0 aliphatic rings. The highest BCUT2D eigenvalue weighted by Gasteiger charge is 2.46. The average molecular weight is 699 g/mol. The third-order valence-electron chi connectivity index (χ3n) is 1.76. The molecule has 4 nitrogen and oxygen atoms in total. The van der Waals surface area contributed by atoms with Crippen molar-refractivity contribution in [2.45, 2.75) is 14.5 Å². The van der Waals surface area contributed by atoms with Crippen LogP contribution in [0.1, 0.15) is 0 Å². The molecule has 0 fully saturated rings. The Hall–Kier alpha value is 3.15. The molecule has 0 aliphatic heterocycles. The summed E-state index contributed by atoms with van der Waals surface area (Å²) in [5.74, 6) is 0. The number of hydrogen-bond donors (Lipinski definition) is 1. The van der Waals surface area contributed by atoms with Gasteiger partial charge in [0.1, 0.15) is 19.8 Å². The molecule has 20 heavy (non-hydrogen) atoms. The van der Waals surface area contributed by atoms with Crippen molar-refractivity contribution in [3.8, 4) is 0 Å². The summed E-state index contributed by atoms with van der Waals surface area (Å²) in [7, 11) is -3.32. The van der Waals surface area contributed by atoms with E-state index in [-0.39, 0.29) is 34.3 Å². The summed E-state index contributed by atoms with van der Waals surface area (Å²) in [5, 5.41) is 2.12. The Kier molecular flexibility index (Phi) is 15.6.